The molecule has 0 fully saturated rings. The quantitative estimate of drug-likeness (QED) is 0.502. The highest BCUT2D eigenvalue weighted by atomic mass is 16.1. The third kappa shape index (κ3) is 3.44. The van der Waals surface area contributed by atoms with Gasteiger partial charge < -0.3 is 4.98 Å². The molecule has 1 atom stereocenters. The first-order valence-electron chi connectivity index (χ1n) is 9.64. The van der Waals surface area contributed by atoms with Crippen LogP contribution in [0.1, 0.15) is 74.9 Å². The van der Waals surface area contributed by atoms with Crippen LogP contribution < -0.4 is 0 Å². The van der Waals surface area contributed by atoms with Gasteiger partial charge in [-0.2, -0.15) is 0 Å². The van der Waals surface area contributed by atoms with Crippen LogP contribution in [-0.2, 0) is 0 Å². The molecular weight excluding hydrogens is 320 g/mol. The Labute approximate surface area is 156 Å². The normalized spacial score (nSPS) is 18.5. The molecule has 0 saturated carbocycles. The number of carbonyl (C=O) groups excluding carboxylic acids is 1. The summed E-state index contributed by atoms with van der Waals surface area (Å²) < 4.78 is 0. The van der Waals surface area contributed by atoms with Gasteiger partial charge in [0.1, 0.15) is 17.2 Å². The number of nitrogens with zero attached hydrogens (tertiary/aromatic N) is 1. The molecule has 26 heavy (non-hydrogen) atoms. The van der Waals surface area contributed by atoms with Gasteiger partial charge in [-0.05, 0) is 49.7 Å². The molecule has 0 bridgehead atoms. The van der Waals surface area contributed by atoms with E-state index in [0.29, 0.717) is 17.2 Å². The highest BCUT2D eigenvalue weighted by Crippen LogP contribution is 2.40. The molecule has 3 rings (SSSR count). The van der Waals surface area contributed by atoms with Crippen molar-refractivity contribution in [2.24, 2.45) is 5.92 Å². The van der Waals surface area contributed by atoms with Crippen LogP contribution in [0.4, 0.5) is 0 Å². The minimum absolute atomic E-state index is 0.0311. The van der Waals surface area contributed by atoms with Crippen LogP contribution in [0.5, 0.6) is 0 Å². The van der Waals surface area contributed by atoms with Gasteiger partial charge in [-0.15, -0.1) is 0 Å². The molecule has 0 radical (unpaired) electrons. The minimum atomic E-state index is -0.0311. The van der Waals surface area contributed by atoms with E-state index in [1.165, 1.54) is 6.42 Å². The van der Waals surface area contributed by atoms with Crippen LogP contribution >= 0.6 is 0 Å². The van der Waals surface area contributed by atoms with Crippen molar-refractivity contribution in [2.45, 2.75) is 52.9 Å². The maximum Gasteiger partial charge on any atom is 0.211 e. The van der Waals surface area contributed by atoms with E-state index in [4.69, 9.17) is 4.98 Å². The number of aromatic amines is 1. The average molecular weight is 348 g/mol. The summed E-state index contributed by atoms with van der Waals surface area (Å²) in [6.45, 7) is 10.5. The average Bonchev–Trinajstić information content (AvgIpc) is 3.11. The predicted molar refractivity (Wildman–Crippen MR) is 109 cm³/mol. The predicted octanol–water partition coefficient (Wildman–Crippen LogP) is 6.05. The van der Waals surface area contributed by atoms with Crippen molar-refractivity contribution in [3.05, 3.63) is 65.3 Å². The smallest absolute Gasteiger partial charge is 0.211 e. The summed E-state index contributed by atoms with van der Waals surface area (Å²) in [5.41, 5.74) is 5.13. The van der Waals surface area contributed by atoms with Crippen LogP contribution in [0.2, 0.25) is 0 Å². The zero-order chi connectivity index (χ0) is 18.7. The molecule has 1 N–H and O–H groups in total. The highest BCUT2D eigenvalue weighted by Gasteiger charge is 2.32. The number of aromatic nitrogens is 2. The van der Waals surface area contributed by atoms with E-state index in [2.05, 4.69) is 43.6 Å². The number of fused-ring (bicyclic) bond motifs is 3. The third-order valence-electron chi connectivity index (χ3n) is 5.34. The summed E-state index contributed by atoms with van der Waals surface area (Å²) in [4.78, 5) is 20.9. The first-order valence-corrected chi connectivity index (χ1v) is 9.64. The van der Waals surface area contributed by atoms with E-state index in [1.54, 1.807) is 0 Å². The summed E-state index contributed by atoms with van der Waals surface area (Å²) in [6, 6.07) is 0. The Bertz CT molecular complexity index is 846. The Morgan fingerprint density at radius 3 is 2.77 bits per heavy atom. The second kappa shape index (κ2) is 7.86. The molecule has 2 aliphatic rings. The number of hydrogen-bond acceptors (Lipinski definition) is 2. The van der Waals surface area contributed by atoms with E-state index in [-0.39, 0.29) is 5.78 Å². The van der Waals surface area contributed by atoms with Crippen LogP contribution in [0, 0.1) is 5.92 Å². The summed E-state index contributed by atoms with van der Waals surface area (Å²) in [7, 11) is 0. The molecule has 0 aromatic carbocycles. The first kappa shape index (κ1) is 18.4. The molecule has 0 saturated heterocycles. The fourth-order valence-corrected chi connectivity index (χ4v) is 3.44. The number of nitrogens with one attached hydrogen (secondary N) is 1. The Balaban J connectivity index is 2.00. The Kier molecular flexibility index (Phi) is 5.55. The first-order chi connectivity index (χ1) is 12.6. The van der Waals surface area contributed by atoms with Gasteiger partial charge in [-0.1, -0.05) is 57.2 Å². The Morgan fingerprint density at radius 2 is 2.08 bits per heavy atom. The number of carbonyl (C=O) groups is 1. The lowest BCUT2D eigenvalue weighted by Crippen LogP contribution is -2.16. The molecule has 1 aromatic heterocycles. The lowest BCUT2D eigenvalue weighted by atomic mass is 9.82. The molecule has 1 heterocycles. The van der Waals surface area contributed by atoms with Crippen molar-refractivity contribution in [1.29, 1.82) is 0 Å². The molecule has 1 aromatic rings. The standard InChI is InChI=1S/C23H28N2O/c1-5-7-10-17(14-13-15(3)6-2)23-24-20-19-12-9-8-11-18(19)16(4)22(26)21(20)25-23/h5,7,10-12,15H,4,6,8-9,13-14H2,1-3H3,(H,24,25)/b7-5-,17-10+. The van der Waals surface area contributed by atoms with Crippen LogP contribution in [0.15, 0.2) is 48.1 Å². The molecule has 136 valence electrons. The van der Waals surface area contributed by atoms with E-state index in [1.807, 2.05) is 19.1 Å². The summed E-state index contributed by atoms with van der Waals surface area (Å²) in [5.74, 6) is 1.45. The van der Waals surface area contributed by atoms with Gasteiger partial charge >= 0.3 is 0 Å². The second-order valence-corrected chi connectivity index (χ2v) is 7.20. The number of ketones is 1. The summed E-state index contributed by atoms with van der Waals surface area (Å²) >= 11 is 0. The van der Waals surface area contributed by atoms with Gasteiger partial charge in [0, 0.05) is 11.1 Å². The molecule has 0 aliphatic heterocycles. The van der Waals surface area contributed by atoms with Crippen molar-refractivity contribution >= 4 is 16.9 Å². The lowest BCUT2D eigenvalue weighted by molar-refractivity contribution is 0.103. The van der Waals surface area contributed by atoms with Crippen molar-refractivity contribution in [2.75, 3.05) is 0 Å². The van der Waals surface area contributed by atoms with Crippen LogP contribution in [-0.4, -0.2) is 15.8 Å². The van der Waals surface area contributed by atoms with E-state index < -0.39 is 0 Å². The van der Waals surface area contributed by atoms with Crippen LogP contribution in [0.3, 0.4) is 0 Å². The summed E-state index contributed by atoms with van der Waals surface area (Å²) in [6.07, 6.45) is 15.6. The van der Waals surface area contributed by atoms with E-state index in [9.17, 15) is 4.79 Å². The molecule has 1 unspecified atom stereocenters. The minimum Gasteiger partial charge on any atom is -0.335 e. The van der Waals surface area contributed by atoms with Gasteiger partial charge in [0.15, 0.2) is 0 Å². The molecule has 3 nitrogen and oxygen atoms in total. The molecule has 2 aliphatic carbocycles. The number of rotatable bonds is 6. The maximum atomic E-state index is 12.8. The van der Waals surface area contributed by atoms with Crippen molar-refractivity contribution < 1.29 is 4.79 Å². The fourth-order valence-electron chi connectivity index (χ4n) is 3.44. The van der Waals surface area contributed by atoms with E-state index in [0.717, 1.165) is 53.9 Å². The van der Waals surface area contributed by atoms with Crippen LogP contribution in [0.25, 0.3) is 11.1 Å². The Hall–Kier alpha value is -2.42. The summed E-state index contributed by atoms with van der Waals surface area (Å²) in [5, 5.41) is 0. The van der Waals surface area contributed by atoms with Gasteiger partial charge in [-0.25, -0.2) is 4.98 Å². The SMILES string of the molecule is C=C1C(=O)c2[nH]c(/C(=C/C=C\C)CCC(C)CC)nc2C2=CCCC=C12. The third-order valence-corrected chi connectivity index (χ3v) is 5.34. The van der Waals surface area contributed by atoms with Crippen molar-refractivity contribution in [3.8, 4) is 0 Å². The number of H-pyrrole nitrogens is 1. The molecular formula is C23H28N2O. The zero-order valence-electron chi connectivity index (χ0n) is 16.1. The number of imidazole rings is 1. The zero-order valence-corrected chi connectivity index (χ0v) is 16.1. The topological polar surface area (TPSA) is 45.8 Å². The lowest BCUT2D eigenvalue weighted by Gasteiger charge is -2.21. The van der Waals surface area contributed by atoms with Gasteiger partial charge in [0.05, 0.1) is 0 Å². The molecule has 3 heteroatoms. The monoisotopic (exact) mass is 348 g/mol. The van der Waals surface area contributed by atoms with E-state index >= 15 is 0 Å². The molecule has 0 amide bonds. The van der Waals surface area contributed by atoms with Gasteiger partial charge in [-0.3, -0.25) is 4.79 Å². The Morgan fingerprint density at radius 1 is 1.35 bits per heavy atom. The largest absolute Gasteiger partial charge is 0.335 e. The van der Waals surface area contributed by atoms with Gasteiger partial charge in [0.25, 0.3) is 0 Å². The number of hydrogen-bond donors (Lipinski definition) is 1. The van der Waals surface area contributed by atoms with Crippen molar-refractivity contribution in [3.63, 3.8) is 0 Å². The fraction of sp³-hybridized carbons (Fsp3) is 0.391. The number of Topliss-reactive ketones (excluding diaryl/α,β-unsaturated/α-hetero) is 1. The van der Waals surface area contributed by atoms with Gasteiger partial charge in [0.2, 0.25) is 5.78 Å². The van der Waals surface area contributed by atoms with Crippen molar-refractivity contribution in [1.82, 2.24) is 9.97 Å². The second-order valence-electron chi connectivity index (χ2n) is 7.20. The highest BCUT2D eigenvalue weighted by molar-refractivity contribution is 6.19. The number of allylic oxidation sites excluding steroid dienone is 9. The molecule has 0 spiro atoms. The maximum absolute atomic E-state index is 12.8.